The lowest BCUT2D eigenvalue weighted by atomic mass is 9.92. The van der Waals surface area contributed by atoms with Gasteiger partial charge in [0.1, 0.15) is 17.5 Å². The number of carbonyl (C=O) groups is 1. The average molecular weight is 430 g/mol. The minimum Gasteiger partial charge on any atom is -0.398 e. The molecule has 1 atom stereocenters. The molecule has 6 N–H and O–H groups in total. The van der Waals surface area contributed by atoms with E-state index in [4.69, 9.17) is 15.9 Å². The maximum atomic E-state index is 13.2. The lowest BCUT2D eigenvalue weighted by Gasteiger charge is -2.30. The molecule has 0 aliphatic carbocycles. The number of nitrogens with two attached hydrogens (primary N) is 1. The van der Waals surface area contributed by atoms with Crippen LogP contribution in [0.15, 0.2) is 36.5 Å². The highest BCUT2D eigenvalue weighted by molar-refractivity contribution is 6.01. The number of amides is 2. The first-order chi connectivity index (χ1) is 14.6. The molecule has 0 radical (unpaired) electrons. The molecule has 1 aromatic carbocycles. The molecule has 3 rings (SSSR count). The topological polar surface area (TPSA) is 137 Å². The van der Waals surface area contributed by atoms with Gasteiger partial charge in [-0.25, -0.2) is 14.2 Å². The van der Waals surface area contributed by atoms with E-state index in [1.807, 2.05) is 4.90 Å². The van der Waals surface area contributed by atoms with Crippen molar-refractivity contribution in [1.82, 2.24) is 15.2 Å². The zero-order valence-corrected chi connectivity index (χ0v) is 17.5. The van der Waals surface area contributed by atoms with Crippen LogP contribution in [-0.4, -0.2) is 58.8 Å². The van der Waals surface area contributed by atoms with Gasteiger partial charge in [0.05, 0.1) is 30.4 Å². The SMILES string of the molecule is CC(C)(O)[C@@H](NC(=O)Nc1cc(N)c(C(=N)N2CCOCC2)cn1)c1ccc(F)cc1. The van der Waals surface area contributed by atoms with Crippen LogP contribution < -0.4 is 16.4 Å². The zero-order chi connectivity index (χ0) is 22.6. The number of halogens is 1. The number of morpholine rings is 1. The van der Waals surface area contributed by atoms with E-state index in [2.05, 4.69) is 15.6 Å². The standard InChI is InChI=1S/C21H27FN6O3/c1-21(2,30)18(13-3-5-14(22)6-4-13)27-20(29)26-17-11-16(23)15(12-25-17)19(24)28-7-9-31-10-8-28/h3-6,11-12,18,24,30H,7-10H2,1-2H3,(H4,23,25,26,27,29)/t18-/m0/s1. The van der Waals surface area contributed by atoms with Gasteiger partial charge in [-0.2, -0.15) is 0 Å². The average Bonchev–Trinajstić information content (AvgIpc) is 2.72. The Morgan fingerprint density at radius 2 is 1.97 bits per heavy atom. The number of benzene rings is 1. The molecule has 2 amide bonds. The van der Waals surface area contributed by atoms with Crippen molar-refractivity contribution in [2.75, 3.05) is 37.4 Å². The van der Waals surface area contributed by atoms with E-state index in [1.165, 1.54) is 36.5 Å². The number of amidine groups is 1. The number of aliphatic hydroxyl groups is 1. The number of carbonyl (C=O) groups excluding carboxylic acids is 1. The molecule has 1 aromatic heterocycles. The van der Waals surface area contributed by atoms with Gasteiger partial charge in [0.25, 0.3) is 0 Å². The van der Waals surface area contributed by atoms with Crippen LogP contribution >= 0.6 is 0 Å². The molecule has 1 aliphatic rings. The summed E-state index contributed by atoms with van der Waals surface area (Å²) >= 11 is 0. The van der Waals surface area contributed by atoms with Crippen molar-refractivity contribution in [3.8, 4) is 0 Å². The van der Waals surface area contributed by atoms with E-state index in [9.17, 15) is 14.3 Å². The fraction of sp³-hybridized carbons (Fsp3) is 0.381. The summed E-state index contributed by atoms with van der Waals surface area (Å²) in [6.07, 6.45) is 1.44. The summed E-state index contributed by atoms with van der Waals surface area (Å²) in [6.45, 7) is 5.38. The number of anilines is 2. The van der Waals surface area contributed by atoms with Gasteiger partial charge in [-0.3, -0.25) is 10.7 Å². The molecule has 0 saturated carbocycles. The lowest BCUT2D eigenvalue weighted by molar-refractivity contribution is 0.0415. The Morgan fingerprint density at radius 1 is 1.32 bits per heavy atom. The molecule has 9 nitrogen and oxygen atoms in total. The van der Waals surface area contributed by atoms with Crippen molar-refractivity contribution in [2.45, 2.75) is 25.5 Å². The van der Waals surface area contributed by atoms with Crippen LogP contribution in [0.1, 0.15) is 31.0 Å². The summed E-state index contributed by atoms with van der Waals surface area (Å²) in [5.74, 6) is 0.0370. The van der Waals surface area contributed by atoms with E-state index < -0.39 is 23.5 Å². The monoisotopic (exact) mass is 430 g/mol. The Bertz CT molecular complexity index is 939. The van der Waals surface area contributed by atoms with Gasteiger partial charge < -0.3 is 25.8 Å². The number of pyridine rings is 1. The number of urea groups is 1. The number of nitrogen functional groups attached to an aromatic ring is 1. The molecule has 10 heteroatoms. The van der Waals surface area contributed by atoms with Gasteiger partial charge in [-0.05, 0) is 31.5 Å². The quantitative estimate of drug-likeness (QED) is 0.364. The number of hydrogen-bond donors (Lipinski definition) is 5. The fourth-order valence-corrected chi connectivity index (χ4v) is 3.30. The minimum atomic E-state index is -1.31. The predicted molar refractivity (Wildman–Crippen MR) is 115 cm³/mol. The summed E-state index contributed by atoms with van der Waals surface area (Å²) in [5, 5.41) is 24.1. The van der Waals surface area contributed by atoms with Gasteiger partial charge in [0.15, 0.2) is 0 Å². The third-order valence-corrected chi connectivity index (χ3v) is 4.95. The maximum absolute atomic E-state index is 13.2. The molecule has 2 aromatic rings. The highest BCUT2D eigenvalue weighted by Crippen LogP contribution is 2.26. The van der Waals surface area contributed by atoms with Crippen molar-refractivity contribution in [1.29, 1.82) is 5.41 Å². The second-order valence-electron chi connectivity index (χ2n) is 7.84. The van der Waals surface area contributed by atoms with Crippen molar-refractivity contribution in [2.24, 2.45) is 0 Å². The van der Waals surface area contributed by atoms with Gasteiger partial charge >= 0.3 is 6.03 Å². The third kappa shape index (κ3) is 5.68. The minimum absolute atomic E-state index is 0.196. The Labute approximate surface area is 179 Å². The van der Waals surface area contributed by atoms with E-state index >= 15 is 0 Å². The van der Waals surface area contributed by atoms with E-state index in [1.54, 1.807) is 13.8 Å². The number of aromatic nitrogens is 1. The molecule has 0 unspecified atom stereocenters. The lowest BCUT2D eigenvalue weighted by Crippen LogP contribution is -2.44. The van der Waals surface area contributed by atoms with E-state index in [-0.39, 0.29) is 11.7 Å². The second kappa shape index (κ2) is 9.27. The highest BCUT2D eigenvalue weighted by atomic mass is 19.1. The smallest absolute Gasteiger partial charge is 0.320 e. The van der Waals surface area contributed by atoms with Crippen molar-refractivity contribution < 1.29 is 19.0 Å². The molecule has 1 fully saturated rings. The molecular weight excluding hydrogens is 403 g/mol. The molecule has 0 spiro atoms. The first kappa shape index (κ1) is 22.4. The molecule has 2 heterocycles. The molecular formula is C21H27FN6O3. The van der Waals surface area contributed by atoms with Crippen LogP contribution in [0.4, 0.5) is 20.7 Å². The van der Waals surface area contributed by atoms with Gasteiger partial charge in [-0.1, -0.05) is 12.1 Å². The zero-order valence-electron chi connectivity index (χ0n) is 17.5. The van der Waals surface area contributed by atoms with Crippen molar-refractivity contribution in [3.05, 3.63) is 53.5 Å². The number of nitrogens with zero attached hydrogens (tertiary/aromatic N) is 2. The Hall–Kier alpha value is -3.24. The van der Waals surface area contributed by atoms with E-state index in [0.29, 0.717) is 43.1 Å². The highest BCUT2D eigenvalue weighted by Gasteiger charge is 2.30. The molecule has 1 aliphatic heterocycles. The second-order valence-corrected chi connectivity index (χ2v) is 7.84. The first-order valence-electron chi connectivity index (χ1n) is 9.87. The van der Waals surface area contributed by atoms with Crippen LogP contribution in [0.2, 0.25) is 0 Å². The largest absolute Gasteiger partial charge is 0.398 e. The van der Waals surface area contributed by atoms with Crippen molar-refractivity contribution in [3.63, 3.8) is 0 Å². The van der Waals surface area contributed by atoms with Crippen molar-refractivity contribution >= 4 is 23.4 Å². The maximum Gasteiger partial charge on any atom is 0.320 e. The number of nitrogens with one attached hydrogen (secondary N) is 3. The Kier molecular flexibility index (Phi) is 6.71. The van der Waals surface area contributed by atoms with Crippen LogP contribution in [0.5, 0.6) is 0 Å². The predicted octanol–water partition coefficient (Wildman–Crippen LogP) is 2.09. The van der Waals surface area contributed by atoms with Gasteiger partial charge in [-0.15, -0.1) is 0 Å². The summed E-state index contributed by atoms with van der Waals surface area (Å²) in [5.41, 5.74) is 6.11. The first-order valence-corrected chi connectivity index (χ1v) is 9.87. The van der Waals surface area contributed by atoms with Gasteiger partial charge in [0, 0.05) is 31.0 Å². The normalized spacial score (nSPS) is 15.3. The molecule has 1 saturated heterocycles. The number of rotatable bonds is 5. The van der Waals surface area contributed by atoms with Gasteiger partial charge in [0.2, 0.25) is 0 Å². The Balaban J connectivity index is 1.69. The molecule has 31 heavy (non-hydrogen) atoms. The van der Waals surface area contributed by atoms with E-state index in [0.717, 1.165) is 0 Å². The molecule has 0 bridgehead atoms. The third-order valence-electron chi connectivity index (χ3n) is 4.95. The van der Waals surface area contributed by atoms with Crippen LogP contribution in [0.3, 0.4) is 0 Å². The Morgan fingerprint density at radius 3 is 2.55 bits per heavy atom. The summed E-state index contributed by atoms with van der Waals surface area (Å²) in [4.78, 5) is 18.6. The van der Waals surface area contributed by atoms with Crippen LogP contribution in [0.25, 0.3) is 0 Å². The number of hydrogen-bond acceptors (Lipinski definition) is 6. The fourth-order valence-electron chi connectivity index (χ4n) is 3.30. The summed E-state index contributed by atoms with van der Waals surface area (Å²) < 4.78 is 18.5. The van der Waals surface area contributed by atoms with Crippen LogP contribution in [0, 0.1) is 11.2 Å². The number of ether oxygens (including phenoxy) is 1. The molecule has 166 valence electrons. The summed E-state index contributed by atoms with van der Waals surface area (Å²) in [6, 6.07) is 5.59. The summed E-state index contributed by atoms with van der Waals surface area (Å²) in [7, 11) is 0. The van der Waals surface area contributed by atoms with Crippen LogP contribution in [-0.2, 0) is 4.74 Å².